The number of methoxy groups -OCH3 is 2. The number of thioether (sulfide) groups is 1. The van der Waals surface area contributed by atoms with E-state index in [1.54, 1.807) is 32.4 Å². The molecular formula is C18H24N4O3S. The molecule has 1 amide bonds. The van der Waals surface area contributed by atoms with Crippen molar-refractivity contribution in [1.82, 2.24) is 15.2 Å². The second-order valence-electron chi connectivity index (χ2n) is 6.32. The fourth-order valence-electron chi connectivity index (χ4n) is 3.15. The second-order valence-corrected chi connectivity index (χ2v) is 7.26. The highest BCUT2D eigenvalue weighted by Gasteiger charge is 2.18. The average Bonchev–Trinajstić information content (AvgIpc) is 3.32. The molecule has 26 heavy (non-hydrogen) atoms. The lowest BCUT2D eigenvalue weighted by molar-refractivity contribution is -0.113. The lowest BCUT2D eigenvalue weighted by Crippen LogP contribution is -2.15. The summed E-state index contributed by atoms with van der Waals surface area (Å²) in [4.78, 5) is 16.7. The largest absolute Gasteiger partial charge is 0.497 e. The van der Waals surface area contributed by atoms with Crippen LogP contribution in [-0.2, 0) is 11.2 Å². The average molecular weight is 376 g/mol. The number of anilines is 1. The fourth-order valence-corrected chi connectivity index (χ4v) is 3.77. The number of benzene rings is 1. The quantitative estimate of drug-likeness (QED) is 0.687. The Morgan fingerprint density at radius 1 is 1.31 bits per heavy atom. The molecule has 2 aromatic rings. The van der Waals surface area contributed by atoms with E-state index < -0.39 is 0 Å². The maximum atomic E-state index is 12.2. The number of carbonyl (C=O) groups is 1. The molecule has 1 aromatic heterocycles. The summed E-state index contributed by atoms with van der Waals surface area (Å²) in [5.74, 6) is 2.93. The standard InChI is InChI=1S/C18H24N4O3S/c1-24-13-7-8-15(25-2)14(10-13)19-17(23)11-26-18-20-16(21-22-18)9-12-5-3-4-6-12/h7-8,10,12H,3-6,9,11H2,1-2H3,(H,19,23)(H,20,21,22). The Labute approximate surface area is 157 Å². The number of hydrogen-bond acceptors (Lipinski definition) is 6. The lowest BCUT2D eigenvalue weighted by Gasteiger charge is -2.11. The minimum absolute atomic E-state index is 0.149. The Hall–Kier alpha value is -2.22. The Kier molecular flexibility index (Phi) is 6.38. The molecule has 2 N–H and O–H groups in total. The molecule has 0 aliphatic heterocycles. The molecule has 8 heteroatoms. The van der Waals surface area contributed by atoms with E-state index >= 15 is 0 Å². The number of nitrogens with one attached hydrogen (secondary N) is 2. The van der Waals surface area contributed by atoms with Gasteiger partial charge in [0.2, 0.25) is 11.1 Å². The van der Waals surface area contributed by atoms with Crippen LogP contribution in [0.4, 0.5) is 5.69 Å². The Bertz CT molecular complexity index is 744. The molecule has 1 saturated carbocycles. The summed E-state index contributed by atoms with van der Waals surface area (Å²) in [6.45, 7) is 0. The van der Waals surface area contributed by atoms with Gasteiger partial charge in [-0.3, -0.25) is 9.89 Å². The molecule has 0 spiro atoms. The van der Waals surface area contributed by atoms with Crippen LogP contribution in [0.5, 0.6) is 11.5 Å². The molecule has 0 saturated heterocycles. The normalized spacial score (nSPS) is 14.4. The van der Waals surface area contributed by atoms with Crippen LogP contribution in [0.2, 0.25) is 0 Å². The predicted octanol–water partition coefficient (Wildman–Crippen LogP) is 3.29. The molecule has 0 bridgehead atoms. The zero-order valence-electron chi connectivity index (χ0n) is 15.1. The summed E-state index contributed by atoms with van der Waals surface area (Å²) in [5, 5.41) is 10.6. The molecule has 3 rings (SSSR count). The molecule has 1 aliphatic carbocycles. The van der Waals surface area contributed by atoms with Gasteiger partial charge < -0.3 is 14.8 Å². The van der Waals surface area contributed by atoms with E-state index in [0.717, 1.165) is 12.2 Å². The number of aromatic nitrogens is 3. The molecule has 1 aromatic carbocycles. The van der Waals surface area contributed by atoms with Crippen molar-refractivity contribution in [2.75, 3.05) is 25.3 Å². The van der Waals surface area contributed by atoms with Crippen LogP contribution in [0.15, 0.2) is 23.4 Å². The van der Waals surface area contributed by atoms with Gasteiger partial charge in [0.25, 0.3) is 0 Å². The van der Waals surface area contributed by atoms with Gasteiger partial charge in [0.05, 0.1) is 25.7 Å². The third-order valence-electron chi connectivity index (χ3n) is 4.48. The number of rotatable bonds is 8. The zero-order valence-corrected chi connectivity index (χ0v) is 15.9. The number of amides is 1. The molecule has 1 aliphatic rings. The molecule has 0 atom stereocenters. The van der Waals surface area contributed by atoms with E-state index in [4.69, 9.17) is 9.47 Å². The Morgan fingerprint density at radius 2 is 2.12 bits per heavy atom. The second kappa shape index (κ2) is 8.93. The van der Waals surface area contributed by atoms with Crippen molar-refractivity contribution in [3.05, 3.63) is 24.0 Å². The van der Waals surface area contributed by atoms with Gasteiger partial charge in [0.15, 0.2) is 0 Å². The minimum atomic E-state index is -0.149. The van der Waals surface area contributed by atoms with Crippen LogP contribution in [0.25, 0.3) is 0 Å². The summed E-state index contributed by atoms with van der Waals surface area (Å²) >= 11 is 1.31. The Morgan fingerprint density at radius 3 is 2.85 bits per heavy atom. The monoisotopic (exact) mass is 376 g/mol. The summed E-state index contributed by atoms with van der Waals surface area (Å²) in [7, 11) is 3.14. The van der Waals surface area contributed by atoms with Gasteiger partial charge in [-0.15, -0.1) is 5.10 Å². The highest BCUT2D eigenvalue weighted by atomic mass is 32.2. The van der Waals surface area contributed by atoms with Gasteiger partial charge in [-0.1, -0.05) is 37.4 Å². The topological polar surface area (TPSA) is 89.1 Å². The van der Waals surface area contributed by atoms with Crippen LogP contribution in [0, 0.1) is 5.92 Å². The predicted molar refractivity (Wildman–Crippen MR) is 101 cm³/mol. The SMILES string of the molecule is COc1ccc(OC)c(NC(=O)CSc2n[nH]c(CC3CCCC3)n2)c1. The number of H-pyrrole nitrogens is 1. The summed E-state index contributed by atoms with van der Waals surface area (Å²) in [6.07, 6.45) is 6.12. The maximum Gasteiger partial charge on any atom is 0.234 e. The third-order valence-corrected chi connectivity index (χ3v) is 5.33. The Balaban J connectivity index is 1.52. The molecule has 0 unspecified atom stereocenters. The first-order chi connectivity index (χ1) is 12.7. The van der Waals surface area contributed by atoms with Crippen molar-refractivity contribution in [1.29, 1.82) is 0 Å². The fraction of sp³-hybridized carbons (Fsp3) is 0.500. The summed E-state index contributed by atoms with van der Waals surface area (Å²) in [5.41, 5.74) is 0.578. The number of nitrogens with zero attached hydrogens (tertiary/aromatic N) is 2. The smallest absolute Gasteiger partial charge is 0.234 e. The van der Waals surface area contributed by atoms with Crippen LogP contribution >= 0.6 is 11.8 Å². The van der Waals surface area contributed by atoms with Crippen molar-refractivity contribution >= 4 is 23.4 Å². The van der Waals surface area contributed by atoms with Gasteiger partial charge >= 0.3 is 0 Å². The van der Waals surface area contributed by atoms with Crippen molar-refractivity contribution in [2.45, 2.75) is 37.3 Å². The van der Waals surface area contributed by atoms with Gasteiger partial charge in [-0.25, -0.2) is 4.98 Å². The number of hydrogen-bond donors (Lipinski definition) is 2. The van der Waals surface area contributed by atoms with Crippen molar-refractivity contribution in [3.8, 4) is 11.5 Å². The van der Waals surface area contributed by atoms with E-state index in [0.29, 0.717) is 28.3 Å². The van der Waals surface area contributed by atoms with Crippen LogP contribution in [-0.4, -0.2) is 41.1 Å². The summed E-state index contributed by atoms with van der Waals surface area (Å²) in [6, 6.07) is 5.27. The first-order valence-electron chi connectivity index (χ1n) is 8.74. The molecule has 1 fully saturated rings. The van der Waals surface area contributed by atoms with Crippen molar-refractivity contribution in [3.63, 3.8) is 0 Å². The van der Waals surface area contributed by atoms with Gasteiger partial charge in [-0.2, -0.15) is 0 Å². The van der Waals surface area contributed by atoms with Gasteiger partial charge in [-0.05, 0) is 18.1 Å². The molecular weight excluding hydrogens is 352 g/mol. The first-order valence-corrected chi connectivity index (χ1v) is 9.72. The minimum Gasteiger partial charge on any atom is -0.497 e. The molecule has 140 valence electrons. The maximum absolute atomic E-state index is 12.2. The van der Waals surface area contributed by atoms with Crippen LogP contribution in [0.3, 0.4) is 0 Å². The van der Waals surface area contributed by atoms with E-state index in [9.17, 15) is 4.79 Å². The molecule has 7 nitrogen and oxygen atoms in total. The highest BCUT2D eigenvalue weighted by molar-refractivity contribution is 7.99. The van der Waals surface area contributed by atoms with Gasteiger partial charge in [0, 0.05) is 12.5 Å². The van der Waals surface area contributed by atoms with E-state index in [1.807, 2.05) is 0 Å². The van der Waals surface area contributed by atoms with Crippen molar-refractivity contribution in [2.24, 2.45) is 5.92 Å². The van der Waals surface area contributed by atoms with E-state index in [2.05, 4.69) is 20.5 Å². The van der Waals surface area contributed by atoms with Gasteiger partial charge in [0.1, 0.15) is 17.3 Å². The first kappa shape index (κ1) is 18.6. The highest BCUT2D eigenvalue weighted by Crippen LogP contribution is 2.29. The number of ether oxygens (including phenoxy) is 2. The molecule has 0 radical (unpaired) electrons. The van der Waals surface area contributed by atoms with Crippen molar-refractivity contribution < 1.29 is 14.3 Å². The molecule has 1 heterocycles. The van der Waals surface area contributed by atoms with Crippen LogP contribution < -0.4 is 14.8 Å². The summed E-state index contributed by atoms with van der Waals surface area (Å²) < 4.78 is 10.5. The lowest BCUT2D eigenvalue weighted by atomic mass is 10.0. The zero-order chi connectivity index (χ0) is 18.4. The number of aromatic amines is 1. The number of carbonyl (C=O) groups excluding carboxylic acids is 1. The third kappa shape index (κ3) is 4.91. The van der Waals surface area contributed by atoms with Crippen LogP contribution in [0.1, 0.15) is 31.5 Å². The van der Waals surface area contributed by atoms with E-state index in [-0.39, 0.29) is 11.7 Å². The van der Waals surface area contributed by atoms with E-state index in [1.165, 1.54) is 37.4 Å².